The molecule has 1 aromatic heterocycles. The first-order valence-corrected chi connectivity index (χ1v) is 6.07. The molecule has 0 radical (unpaired) electrons. The summed E-state index contributed by atoms with van der Waals surface area (Å²) in [5.41, 5.74) is 0. The van der Waals surface area contributed by atoms with Gasteiger partial charge in [-0.05, 0) is 13.0 Å². The molecule has 1 N–H and O–H groups in total. The Bertz CT molecular complexity index is 289. The van der Waals surface area contributed by atoms with Crippen LogP contribution in [0.25, 0.3) is 0 Å². The highest BCUT2D eigenvalue weighted by molar-refractivity contribution is 4.93. The number of nitrogens with one attached hydrogen (secondary N) is 1. The molecule has 1 rings (SSSR count). The molecule has 0 atom stereocenters. The molecule has 0 saturated heterocycles. The maximum atomic E-state index is 5.47. The summed E-state index contributed by atoms with van der Waals surface area (Å²) in [6.07, 6.45) is 3.65. The van der Waals surface area contributed by atoms with Crippen molar-refractivity contribution in [1.82, 2.24) is 10.3 Å². The van der Waals surface area contributed by atoms with Crippen molar-refractivity contribution in [3.05, 3.63) is 17.8 Å². The molecule has 0 bridgehead atoms. The summed E-state index contributed by atoms with van der Waals surface area (Å²) < 4.78 is 15.7. The summed E-state index contributed by atoms with van der Waals surface area (Å²) in [5, 5.41) is 3.26. The van der Waals surface area contributed by atoms with E-state index in [1.54, 1.807) is 13.3 Å². The van der Waals surface area contributed by atoms with Gasteiger partial charge in [-0.15, -0.1) is 0 Å². The lowest BCUT2D eigenvalue weighted by atomic mass is 10.4. The van der Waals surface area contributed by atoms with Crippen molar-refractivity contribution in [2.24, 2.45) is 0 Å². The van der Waals surface area contributed by atoms with E-state index < -0.39 is 0 Å². The first kappa shape index (κ1) is 14.2. The standard InChI is InChI=1S/C12H22N2O3/c1-3-11-9-14-12(17-11)10-13-5-4-6-16-8-7-15-2/h9,13H,3-8,10H2,1-2H3. The highest BCUT2D eigenvalue weighted by Gasteiger charge is 2.00. The molecular weight excluding hydrogens is 220 g/mol. The van der Waals surface area contributed by atoms with E-state index in [1.807, 2.05) is 0 Å². The molecule has 0 aromatic carbocycles. The molecular formula is C12H22N2O3. The Hall–Kier alpha value is -0.910. The summed E-state index contributed by atoms with van der Waals surface area (Å²) in [7, 11) is 1.67. The van der Waals surface area contributed by atoms with Gasteiger partial charge in [-0.2, -0.15) is 0 Å². The lowest BCUT2D eigenvalue weighted by Crippen LogP contribution is -2.17. The Labute approximate surface area is 103 Å². The Balaban J connectivity index is 1.93. The Kier molecular flexibility index (Phi) is 7.62. The summed E-state index contributed by atoms with van der Waals surface area (Å²) in [6.45, 7) is 5.70. The molecule has 0 aliphatic rings. The topological polar surface area (TPSA) is 56.5 Å². The van der Waals surface area contributed by atoms with Crippen LogP contribution in [0.4, 0.5) is 0 Å². The van der Waals surface area contributed by atoms with Gasteiger partial charge in [0, 0.05) is 20.1 Å². The van der Waals surface area contributed by atoms with E-state index in [1.165, 1.54) is 0 Å². The third-order valence-electron chi connectivity index (χ3n) is 2.30. The van der Waals surface area contributed by atoms with E-state index in [9.17, 15) is 0 Å². The fraction of sp³-hybridized carbons (Fsp3) is 0.750. The number of hydrogen-bond acceptors (Lipinski definition) is 5. The van der Waals surface area contributed by atoms with Crippen molar-refractivity contribution < 1.29 is 13.9 Å². The minimum absolute atomic E-state index is 0.656. The van der Waals surface area contributed by atoms with E-state index in [2.05, 4.69) is 17.2 Å². The highest BCUT2D eigenvalue weighted by Crippen LogP contribution is 2.03. The van der Waals surface area contributed by atoms with Gasteiger partial charge >= 0.3 is 0 Å². The number of hydrogen-bond donors (Lipinski definition) is 1. The smallest absolute Gasteiger partial charge is 0.208 e. The number of methoxy groups -OCH3 is 1. The van der Waals surface area contributed by atoms with Gasteiger partial charge in [0.2, 0.25) is 5.89 Å². The van der Waals surface area contributed by atoms with Gasteiger partial charge < -0.3 is 19.2 Å². The predicted octanol–water partition coefficient (Wildman–Crippen LogP) is 1.38. The minimum Gasteiger partial charge on any atom is -0.444 e. The van der Waals surface area contributed by atoms with Crippen molar-refractivity contribution in [3.63, 3.8) is 0 Å². The van der Waals surface area contributed by atoms with E-state index >= 15 is 0 Å². The molecule has 0 unspecified atom stereocenters. The molecule has 0 fully saturated rings. The second-order valence-electron chi connectivity index (χ2n) is 3.71. The molecule has 0 aliphatic heterocycles. The summed E-state index contributed by atoms with van der Waals surface area (Å²) >= 11 is 0. The van der Waals surface area contributed by atoms with Crippen LogP contribution in [0, 0.1) is 0 Å². The molecule has 1 aromatic rings. The number of ether oxygens (including phenoxy) is 2. The lowest BCUT2D eigenvalue weighted by Gasteiger charge is -2.04. The Morgan fingerprint density at radius 2 is 2.24 bits per heavy atom. The van der Waals surface area contributed by atoms with Crippen LogP contribution in [0.5, 0.6) is 0 Å². The Morgan fingerprint density at radius 3 is 2.94 bits per heavy atom. The van der Waals surface area contributed by atoms with Crippen LogP contribution in [0.3, 0.4) is 0 Å². The molecule has 0 aliphatic carbocycles. The zero-order chi connectivity index (χ0) is 12.3. The zero-order valence-electron chi connectivity index (χ0n) is 10.7. The van der Waals surface area contributed by atoms with Gasteiger partial charge in [0.1, 0.15) is 5.76 Å². The van der Waals surface area contributed by atoms with Crippen molar-refractivity contribution in [1.29, 1.82) is 0 Å². The Morgan fingerprint density at radius 1 is 1.35 bits per heavy atom. The zero-order valence-corrected chi connectivity index (χ0v) is 10.7. The van der Waals surface area contributed by atoms with E-state index in [0.29, 0.717) is 19.8 Å². The fourth-order valence-corrected chi connectivity index (χ4v) is 1.33. The normalized spacial score (nSPS) is 10.9. The molecule has 0 spiro atoms. The summed E-state index contributed by atoms with van der Waals surface area (Å²) in [5.74, 6) is 1.69. The number of aryl methyl sites for hydroxylation is 1. The van der Waals surface area contributed by atoms with Gasteiger partial charge in [0.15, 0.2) is 0 Å². The predicted molar refractivity (Wildman–Crippen MR) is 64.9 cm³/mol. The summed E-state index contributed by atoms with van der Waals surface area (Å²) in [6, 6.07) is 0. The molecule has 98 valence electrons. The van der Waals surface area contributed by atoms with Crippen molar-refractivity contribution >= 4 is 0 Å². The maximum absolute atomic E-state index is 5.47. The molecule has 5 heteroatoms. The number of aromatic nitrogens is 1. The third kappa shape index (κ3) is 6.41. The molecule has 1 heterocycles. The molecule has 0 saturated carbocycles. The SMILES string of the molecule is CCc1cnc(CNCCCOCCOC)o1. The highest BCUT2D eigenvalue weighted by atomic mass is 16.5. The van der Waals surface area contributed by atoms with Gasteiger partial charge in [0.05, 0.1) is 26.0 Å². The number of nitrogens with zero attached hydrogens (tertiary/aromatic N) is 1. The van der Waals surface area contributed by atoms with Crippen molar-refractivity contribution in [3.8, 4) is 0 Å². The van der Waals surface area contributed by atoms with Crippen molar-refractivity contribution in [2.45, 2.75) is 26.3 Å². The first-order chi connectivity index (χ1) is 8.36. The van der Waals surface area contributed by atoms with Crippen LogP contribution in [-0.4, -0.2) is 38.5 Å². The average molecular weight is 242 g/mol. The van der Waals surface area contributed by atoms with E-state index in [4.69, 9.17) is 13.9 Å². The van der Waals surface area contributed by atoms with Crippen LogP contribution < -0.4 is 5.32 Å². The van der Waals surface area contributed by atoms with Crippen LogP contribution in [0.1, 0.15) is 25.0 Å². The largest absolute Gasteiger partial charge is 0.444 e. The minimum atomic E-state index is 0.656. The second-order valence-corrected chi connectivity index (χ2v) is 3.71. The van der Waals surface area contributed by atoms with Crippen LogP contribution in [0.2, 0.25) is 0 Å². The average Bonchev–Trinajstić information content (AvgIpc) is 2.80. The lowest BCUT2D eigenvalue weighted by molar-refractivity contribution is 0.0694. The van der Waals surface area contributed by atoms with Crippen LogP contribution in [-0.2, 0) is 22.4 Å². The van der Waals surface area contributed by atoms with Crippen LogP contribution in [0.15, 0.2) is 10.6 Å². The van der Waals surface area contributed by atoms with Gasteiger partial charge in [-0.25, -0.2) is 4.98 Å². The summed E-state index contributed by atoms with van der Waals surface area (Å²) in [4.78, 5) is 4.17. The van der Waals surface area contributed by atoms with Crippen LogP contribution >= 0.6 is 0 Å². The maximum Gasteiger partial charge on any atom is 0.208 e. The van der Waals surface area contributed by atoms with Gasteiger partial charge in [0.25, 0.3) is 0 Å². The molecule has 0 amide bonds. The molecule has 5 nitrogen and oxygen atoms in total. The molecule has 17 heavy (non-hydrogen) atoms. The van der Waals surface area contributed by atoms with Gasteiger partial charge in [-0.3, -0.25) is 0 Å². The number of oxazole rings is 1. The second kappa shape index (κ2) is 9.15. The van der Waals surface area contributed by atoms with Crippen molar-refractivity contribution in [2.75, 3.05) is 33.5 Å². The fourth-order valence-electron chi connectivity index (χ4n) is 1.33. The monoisotopic (exact) mass is 242 g/mol. The first-order valence-electron chi connectivity index (χ1n) is 6.07. The number of rotatable bonds is 10. The van der Waals surface area contributed by atoms with E-state index in [0.717, 1.165) is 37.6 Å². The quantitative estimate of drug-likeness (QED) is 0.628. The third-order valence-corrected chi connectivity index (χ3v) is 2.30. The van der Waals surface area contributed by atoms with E-state index in [-0.39, 0.29) is 0 Å². The van der Waals surface area contributed by atoms with Gasteiger partial charge in [-0.1, -0.05) is 6.92 Å².